The first-order valence-electron chi connectivity index (χ1n) is 6.34. The second-order valence-electron chi connectivity index (χ2n) is 4.13. The quantitative estimate of drug-likeness (QED) is 0.637. The van der Waals surface area contributed by atoms with Crippen LogP contribution in [0.25, 0.3) is 0 Å². The number of nitrogens with zero attached hydrogens (tertiary/aromatic N) is 6. The number of nitrogens with one attached hydrogen (secondary N) is 2. The molecule has 0 aliphatic heterocycles. The molecule has 9 heteroatoms. The van der Waals surface area contributed by atoms with Crippen LogP contribution in [0.1, 0.15) is 25.2 Å². The minimum atomic E-state index is -0.577. The first-order chi connectivity index (χ1) is 10.7. The molecule has 0 saturated heterocycles. The third-order valence-electron chi connectivity index (χ3n) is 2.52. The number of carbonyl (C=O) groups is 1. The van der Waals surface area contributed by atoms with Gasteiger partial charge in [0.25, 0.3) is 0 Å². The van der Waals surface area contributed by atoms with E-state index in [-0.39, 0.29) is 0 Å². The van der Waals surface area contributed by atoms with Crippen molar-refractivity contribution in [2.75, 3.05) is 0 Å². The lowest BCUT2D eigenvalue weighted by atomic mass is 10.3. The van der Waals surface area contributed by atoms with Crippen molar-refractivity contribution in [3.63, 3.8) is 0 Å². The fourth-order valence-electron chi connectivity index (χ4n) is 1.38. The molecule has 0 unspecified atom stereocenters. The zero-order valence-electron chi connectivity index (χ0n) is 12.1. The highest BCUT2D eigenvalue weighted by molar-refractivity contribution is 5.98. The lowest BCUT2D eigenvalue weighted by Crippen LogP contribution is -2.30. The van der Waals surface area contributed by atoms with E-state index in [0.29, 0.717) is 22.8 Å². The van der Waals surface area contributed by atoms with Crippen molar-refractivity contribution in [1.82, 2.24) is 30.8 Å². The van der Waals surface area contributed by atoms with Crippen LogP contribution in [0, 0.1) is 0 Å². The normalized spacial score (nSPS) is 11.9. The third kappa shape index (κ3) is 4.40. The molecule has 0 aromatic carbocycles. The van der Waals surface area contributed by atoms with Gasteiger partial charge in [0.2, 0.25) is 0 Å². The molecule has 2 N–H and O–H groups in total. The van der Waals surface area contributed by atoms with Crippen LogP contribution in [0.4, 0.5) is 4.79 Å². The molecule has 22 heavy (non-hydrogen) atoms. The lowest BCUT2D eigenvalue weighted by Gasteiger charge is -2.02. The minimum absolute atomic E-state index is 0.526. The maximum Gasteiger partial charge on any atom is 0.355 e. The third-order valence-corrected chi connectivity index (χ3v) is 2.52. The van der Waals surface area contributed by atoms with Crippen molar-refractivity contribution in [2.24, 2.45) is 10.2 Å². The highest BCUT2D eigenvalue weighted by Crippen LogP contribution is 1.93. The molecule has 0 fully saturated rings. The first kappa shape index (κ1) is 15.2. The van der Waals surface area contributed by atoms with Crippen molar-refractivity contribution in [3.05, 3.63) is 48.6 Å². The van der Waals surface area contributed by atoms with E-state index in [0.717, 1.165) is 0 Å². The number of amides is 2. The second kappa shape index (κ2) is 7.53. The predicted octanol–water partition coefficient (Wildman–Crippen LogP) is 0.714. The van der Waals surface area contributed by atoms with Crippen LogP contribution in [0.15, 0.2) is 47.4 Å². The molecule has 0 aliphatic rings. The maximum absolute atomic E-state index is 11.6. The summed E-state index contributed by atoms with van der Waals surface area (Å²) in [5, 5.41) is 7.80. The van der Waals surface area contributed by atoms with Gasteiger partial charge in [-0.05, 0) is 13.8 Å². The number of hydrogen-bond acceptors (Lipinski definition) is 7. The van der Waals surface area contributed by atoms with Crippen LogP contribution in [0.2, 0.25) is 0 Å². The van der Waals surface area contributed by atoms with Gasteiger partial charge in [0.15, 0.2) is 0 Å². The minimum Gasteiger partial charge on any atom is -0.261 e. The van der Waals surface area contributed by atoms with E-state index in [2.05, 4.69) is 41.0 Å². The van der Waals surface area contributed by atoms with Gasteiger partial charge in [-0.15, -0.1) is 0 Å². The van der Waals surface area contributed by atoms with Gasteiger partial charge in [0.05, 0.1) is 23.8 Å². The van der Waals surface area contributed by atoms with Gasteiger partial charge >= 0.3 is 6.03 Å². The Labute approximate surface area is 126 Å². The maximum atomic E-state index is 11.6. The number of rotatable bonds is 4. The number of hydrazone groups is 2. The van der Waals surface area contributed by atoms with E-state index >= 15 is 0 Å². The van der Waals surface area contributed by atoms with E-state index in [1.807, 2.05) is 0 Å². The monoisotopic (exact) mass is 298 g/mol. The molecule has 0 aliphatic carbocycles. The summed E-state index contributed by atoms with van der Waals surface area (Å²) >= 11 is 0. The molecule has 0 atom stereocenters. The van der Waals surface area contributed by atoms with Crippen molar-refractivity contribution < 1.29 is 4.79 Å². The Morgan fingerprint density at radius 3 is 1.68 bits per heavy atom. The average molecular weight is 298 g/mol. The fraction of sp³-hybridized carbons (Fsp3) is 0.154. The van der Waals surface area contributed by atoms with Gasteiger partial charge in [-0.2, -0.15) is 10.2 Å². The topological polar surface area (TPSA) is 117 Å². The van der Waals surface area contributed by atoms with Crippen LogP contribution in [0.5, 0.6) is 0 Å². The zero-order valence-corrected chi connectivity index (χ0v) is 12.1. The summed E-state index contributed by atoms with van der Waals surface area (Å²) < 4.78 is 0. The molecule has 2 rings (SSSR count). The SMILES string of the molecule is C/C(=N\NC(=O)N/N=C(\C)c1cnccn1)c1cnccn1. The van der Waals surface area contributed by atoms with E-state index in [4.69, 9.17) is 0 Å². The highest BCUT2D eigenvalue weighted by Gasteiger charge is 2.02. The number of hydrogen-bond donors (Lipinski definition) is 2. The van der Waals surface area contributed by atoms with Crippen molar-refractivity contribution in [2.45, 2.75) is 13.8 Å². The lowest BCUT2D eigenvalue weighted by molar-refractivity contribution is 0.242. The van der Waals surface area contributed by atoms with Gasteiger partial charge in [-0.25, -0.2) is 15.6 Å². The molecule has 9 nitrogen and oxygen atoms in total. The fourth-order valence-corrected chi connectivity index (χ4v) is 1.38. The standard InChI is InChI=1S/C13H14N8O/c1-9(11-7-14-3-5-16-11)18-20-13(22)21-19-10(2)12-8-15-4-6-17-12/h3-8H,1-2H3,(H2,20,21,22)/b18-9+,19-10+. The summed E-state index contributed by atoms with van der Waals surface area (Å²) in [6.07, 6.45) is 9.30. The molecular weight excluding hydrogens is 284 g/mol. The molecule has 0 radical (unpaired) electrons. The van der Waals surface area contributed by atoms with Gasteiger partial charge in [-0.1, -0.05) is 0 Å². The highest BCUT2D eigenvalue weighted by atomic mass is 16.2. The van der Waals surface area contributed by atoms with Crippen LogP contribution < -0.4 is 10.9 Å². The molecule has 0 saturated carbocycles. The van der Waals surface area contributed by atoms with Crippen molar-refractivity contribution >= 4 is 17.5 Å². The largest absolute Gasteiger partial charge is 0.355 e. The van der Waals surface area contributed by atoms with E-state index in [1.165, 1.54) is 0 Å². The van der Waals surface area contributed by atoms with Crippen LogP contribution >= 0.6 is 0 Å². The van der Waals surface area contributed by atoms with Crippen molar-refractivity contribution in [3.8, 4) is 0 Å². The van der Waals surface area contributed by atoms with E-state index in [1.54, 1.807) is 51.0 Å². The zero-order chi connectivity index (χ0) is 15.8. The van der Waals surface area contributed by atoms with Crippen LogP contribution in [-0.4, -0.2) is 37.4 Å². The van der Waals surface area contributed by atoms with Crippen molar-refractivity contribution in [1.29, 1.82) is 0 Å². The van der Waals surface area contributed by atoms with Gasteiger partial charge < -0.3 is 0 Å². The summed E-state index contributed by atoms with van der Waals surface area (Å²) in [5.41, 5.74) is 6.82. The Balaban J connectivity index is 1.91. The number of urea groups is 1. The van der Waals surface area contributed by atoms with Gasteiger partial charge in [0, 0.05) is 24.8 Å². The Morgan fingerprint density at radius 2 is 1.32 bits per heavy atom. The average Bonchev–Trinajstić information content (AvgIpc) is 2.59. The Bertz CT molecular complexity index is 624. The van der Waals surface area contributed by atoms with E-state index in [9.17, 15) is 4.79 Å². The smallest absolute Gasteiger partial charge is 0.261 e. The molecule has 2 amide bonds. The Hall–Kier alpha value is -3.23. The summed E-state index contributed by atoms with van der Waals surface area (Å²) in [6.45, 7) is 3.41. The summed E-state index contributed by atoms with van der Waals surface area (Å²) in [6, 6.07) is -0.577. The number of carbonyl (C=O) groups excluding carboxylic acids is 1. The molecule has 0 spiro atoms. The molecule has 2 heterocycles. The Morgan fingerprint density at radius 1 is 0.864 bits per heavy atom. The number of aromatic nitrogens is 4. The predicted molar refractivity (Wildman–Crippen MR) is 80.2 cm³/mol. The molecule has 2 aromatic heterocycles. The molecule has 0 bridgehead atoms. The summed E-state index contributed by atoms with van der Waals surface area (Å²) in [5.74, 6) is 0. The van der Waals surface area contributed by atoms with Crippen LogP contribution in [-0.2, 0) is 0 Å². The first-order valence-corrected chi connectivity index (χ1v) is 6.34. The van der Waals surface area contributed by atoms with E-state index < -0.39 is 6.03 Å². The molecule has 2 aromatic rings. The van der Waals surface area contributed by atoms with Gasteiger partial charge in [-0.3, -0.25) is 19.9 Å². The molecule has 112 valence electrons. The summed E-state index contributed by atoms with van der Waals surface area (Å²) in [4.78, 5) is 27.6. The molecular formula is C13H14N8O. The summed E-state index contributed by atoms with van der Waals surface area (Å²) in [7, 11) is 0. The Kier molecular flexibility index (Phi) is 5.19. The van der Waals surface area contributed by atoms with Crippen LogP contribution in [0.3, 0.4) is 0 Å². The van der Waals surface area contributed by atoms with Gasteiger partial charge in [0.1, 0.15) is 11.4 Å². The second-order valence-corrected chi connectivity index (χ2v) is 4.13.